The predicted molar refractivity (Wildman–Crippen MR) is 176 cm³/mol. The van der Waals surface area contributed by atoms with Gasteiger partial charge in [0.15, 0.2) is 5.69 Å². The van der Waals surface area contributed by atoms with E-state index in [0.29, 0.717) is 67.6 Å². The van der Waals surface area contributed by atoms with Crippen LogP contribution in [0.3, 0.4) is 0 Å². The van der Waals surface area contributed by atoms with Gasteiger partial charge in [0.05, 0.1) is 53.1 Å². The fraction of sp³-hybridized carbons (Fsp3) is 0.0811. The van der Waals surface area contributed by atoms with Gasteiger partial charge >= 0.3 is 0 Å². The Labute approximate surface area is 267 Å². The SMILES string of the molecule is [C-]#[N+]c1ccc2oc3ccc(-n4cc([N+]#[C-])c(C(C)(C)c5nn(-c6ccc7oc8ccc(C#N)cc8c7c6)cc5C#N)n4)cc3c2c1. The molecule has 4 heterocycles. The number of hydrogen-bond acceptors (Lipinski definition) is 6. The van der Waals surface area contributed by atoms with Gasteiger partial charge in [-0.05, 0) is 80.6 Å². The molecular formula is C37H20N8O2. The minimum absolute atomic E-state index is 0.334. The maximum Gasteiger partial charge on any atom is 0.228 e. The molecule has 0 fully saturated rings. The second-order valence-electron chi connectivity index (χ2n) is 11.7. The molecule has 0 amide bonds. The Morgan fingerprint density at radius 1 is 0.660 bits per heavy atom. The maximum atomic E-state index is 10.2. The number of nitrogens with zero attached hydrogens (tertiary/aromatic N) is 8. The van der Waals surface area contributed by atoms with Crippen LogP contribution in [0.4, 0.5) is 11.4 Å². The van der Waals surface area contributed by atoms with Crippen LogP contribution in [0.25, 0.3) is 64.9 Å². The molecule has 47 heavy (non-hydrogen) atoms. The van der Waals surface area contributed by atoms with E-state index in [9.17, 15) is 10.5 Å². The van der Waals surface area contributed by atoms with Crippen LogP contribution < -0.4 is 0 Å². The number of fused-ring (bicyclic) bond motifs is 6. The Morgan fingerprint density at radius 2 is 1.21 bits per heavy atom. The third kappa shape index (κ3) is 4.15. The summed E-state index contributed by atoms with van der Waals surface area (Å²) >= 11 is 0. The van der Waals surface area contributed by atoms with Crippen molar-refractivity contribution >= 4 is 55.3 Å². The van der Waals surface area contributed by atoms with Gasteiger partial charge in [-0.15, -0.1) is 0 Å². The van der Waals surface area contributed by atoms with Gasteiger partial charge in [-0.25, -0.2) is 14.4 Å². The van der Waals surface area contributed by atoms with Gasteiger partial charge in [-0.3, -0.25) is 4.68 Å². The highest BCUT2D eigenvalue weighted by molar-refractivity contribution is 6.07. The molecule has 0 N–H and O–H groups in total. The fourth-order valence-corrected chi connectivity index (χ4v) is 6.13. The monoisotopic (exact) mass is 608 g/mol. The number of rotatable bonds is 4. The average molecular weight is 609 g/mol. The van der Waals surface area contributed by atoms with Gasteiger partial charge in [-0.2, -0.15) is 20.7 Å². The summed E-state index contributed by atoms with van der Waals surface area (Å²) < 4.78 is 15.2. The average Bonchev–Trinajstić information content (AvgIpc) is 3.89. The standard InChI is InChI=1S/C37H20N8O2/c1-37(2,35-22(18-39)19-44(42-35)24-7-11-33-28(15-24)26-13-21(17-38)5-9-31(26)46-33)36-30(41-4)20-45(43-36)25-8-12-34-29(16-25)27-14-23(40-3)6-10-32(27)47-34/h5-16,19-20H,1-2H3. The highest BCUT2D eigenvalue weighted by Crippen LogP contribution is 2.39. The maximum absolute atomic E-state index is 10.2. The minimum atomic E-state index is -0.924. The van der Waals surface area contributed by atoms with Crippen molar-refractivity contribution in [3.05, 3.63) is 131 Å². The molecule has 0 spiro atoms. The lowest BCUT2D eigenvalue weighted by Gasteiger charge is -2.21. The number of aromatic nitrogens is 4. The van der Waals surface area contributed by atoms with Crippen molar-refractivity contribution in [3.8, 4) is 23.5 Å². The van der Waals surface area contributed by atoms with E-state index in [2.05, 4.69) is 21.8 Å². The molecule has 0 saturated heterocycles. The zero-order valence-electron chi connectivity index (χ0n) is 25.0. The molecule has 10 nitrogen and oxygen atoms in total. The first kappa shape index (κ1) is 27.4. The quantitative estimate of drug-likeness (QED) is 0.184. The van der Waals surface area contributed by atoms with E-state index in [-0.39, 0.29) is 0 Å². The molecule has 0 bridgehead atoms. The summed E-state index contributed by atoms with van der Waals surface area (Å²) in [5, 5.41) is 32.6. The van der Waals surface area contributed by atoms with E-state index in [1.54, 1.807) is 58.2 Å². The highest BCUT2D eigenvalue weighted by Gasteiger charge is 2.35. The van der Waals surface area contributed by atoms with Gasteiger partial charge in [0.1, 0.15) is 28.4 Å². The molecule has 10 heteroatoms. The topological polar surface area (TPSA) is 118 Å². The zero-order chi connectivity index (χ0) is 32.4. The van der Waals surface area contributed by atoms with Crippen molar-refractivity contribution in [2.75, 3.05) is 0 Å². The number of hydrogen-bond donors (Lipinski definition) is 0. The Hall–Kier alpha value is -7.14. The molecule has 4 aromatic heterocycles. The minimum Gasteiger partial charge on any atom is -0.456 e. The van der Waals surface area contributed by atoms with Crippen LogP contribution in [0.15, 0.2) is 94.0 Å². The smallest absolute Gasteiger partial charge is 0.228 e. The third-order valence-electron chi connectivity index (χ3n) is 8.51. The van der Waals surface area contributed by atoms with E-state index in [0.717, 1.165) is 21.5 Å². The largest absolute Gasteiger partial charge is 0.456 e. The van der Waals surface area contributed by atoms with Crippen LogP contribution in [-0.4, -0.2) is 19.6 Å². The van der Waals surface area contributed by atoms with E-state index in [1.807, 2.05) is 50.2 Å². The lowest BCUT2D eigenvalue weighted by Crippen LogP contribution is -2.22. The summed E-state index contributed by atoms with van der Waals surface area (Å²) in [4.78, 5) is 7.34. The summed E-state index contributed by atoms with van der Waals surface area (Å²) in [5.74, 6) is 0. The molecule has 8 rings (SSSR count). The summed E-state index contributed by atoms with van der Waals surface area (Å²) in [6.07, 6.45) is 3.35. The van der Waals surface area contributed by atoms with Crippen molar-refractivity contribution in [2.45, 2.75) is 19.3 Å². The first-order valence-corrected chi connectivity index (χ1v) is 14.5. The molecule has 0 atom stereocenters. The van der Waals surface area contributed by atoms with E-state index < -0.39 is 5.41 Å². The lowest BCUT2D eigenvalue weighted by atomic mass is 9.83. The van der Waals surface area contributed by atoms with Gasteiger partial charge < -0.3 is 8.83 Å². The second kappa shape index (κ2) is 9.94. The lowest BCUT2D eigenvalue weighted by molar-refractivity contribution is 0.577. The van der Waals surface area contributed by atoms with Crippen LogP contribution >= 0.6 is 0 Å². The Bertz CT molecular complexity index is 2590. The number of benzene rings is 4. The van der Waals surface area contributed by atoms with Crippen LogP contribution in [0, 0.1) is 35.8 Å². The molecule has 220 valence electrons. The predicted octanol–water partition coefficient (Wildman–Crippen LogP) is 9.03. The zero-order valence-corrected chi connectivity index (χ0v) is 25.0. The van der Waals surface area contributed by atoms with Gasteiger partial charge in [-0.1, -0.05) is 6.07 Å². The third-order valence-corrected chi connectivity index (χ3v) is 8.51. The second-order valence-corrected chi connectivity index (χ2v) is 11.7. The van der Waals surface area contributed by atoms with Crippen molar-refractivity contribution in [1.29, 1.82) is 10.5 Å². The molecule has 0 aliphatic carbocycles. The van der Waals surface area contributed by atoms with E-state index in [4.69, 9.17) is 32.2 Å². The Morgan fingerprint density at radius 3 is 1.81 bits per heavy atom. The fourth-order valence-electron chi connectivity index (χ4n) is 6.13. The number of nitriles is 2. The van der Waals surface area contributed by atoms with Crippen LogP contribution in [-0.2, 0) is 5.41 Å². The van der Waals surface area contributed by atoms with Crippen LogP contribution in [0.1, 0.15) is 36.4 Å². The molecular weight excluding hydrogens is 588 g/mol. The Balaban J connectivity index is 1.22. The molecule has 0 saturated carbocycles. The van der Waals surface area contributed by atoms with Gasteiger partial charge in [0.2, 0.25) is 5.69 Å². The molecule has 4 aromatic carbocycles. The summed E-state index contributed by atoms with van der Waals surface area (Å²) in [6.45, 7) is 19.2. The van der Waals surface area contributed by atoms with Gasteiger partial charge in [0.25, 0.3) is 0 Å². The summed E-state index contributed by atoms with van der Waals surface area (Å²) in [7, 11) is 0. The summed E-state index contributed by atoms with van der Waals surface area (Å²) in [5.41, 5.74) is 5.89. The number of furan rings is 2. The molecule has 0 aliphatic heterocycles. The van der Waals surface area contributed by atoms with Crippen molar-refractivity contribution in [3.63, 3.8) is 0 Å². The first-order valence-electron chi connectivity index (χ1n) is 14.5. The van der Waals surface area contributed by atoms with E-state index >= 15 is 0 Å². The van der Waals surface area contributed by atoms with Crippen molar-refractivity contribution < 1.29 is 8.83 Å². The highest BCUT2D eigenvalue weighted by atomic mass is 16.3. The first-order chi connectivity index (χ1) is 22.8. The summed E-state index contributed by atoms with van der Waals surface area (Å²) in [6, 6.07) is 26.3. The molecule has 0 aliphatic rings. The van der Waals surface area contributed by atoms with Gasteiger partial charge in [0, 0.05) is 39.4 Å². The van der Waals surface area contributed by atoms with Crippen molar-refractivity contribution in [2.24, 2.45) is 0 Å². The molecule has 0 unspecified atom stereocenters. The van der Waals surface area contributed by atoms with Crippen molar-refractivity contribution in [1.82, 2.24) is 19.6 Å². The molecule has 0 radical (unpaired) electrons. The Kier molecular flexibility index (Phi) is 5.80. The van der Waals surface area contributed by atoms with Crippen LogP contribution in [0.5, 0.6) is 0 Å². The van der Waals surface area contributed by atoms with E-state index in [1.165, 1.54) is 0 Å². The molecule has 8 aromatic rings. The normalized spacial score (nSPS) is 11.5. The van der Waals surface area contributed by atoms with Crippen LogP contribution in [0.2, 0.25) is 0 Å².